The van der Waals surface area contributed by atoms with Crippen LogP contribution in [0.5, 0.6) is 0 Å². The topological polar surface area (TPSA) is 69.7 Å². The monoisotopic (exact) mass is 401 g/mol. The van der Waals surface area contributed by atoms with Gasteiger partial charge in [-0.05, 0) is 43.5 Å². The second kappa shape index (κ2) is 9.21. The molecule has 2 aromatic rings. The van der Waals surface area contributed by atoms with Gasteiger partial charge in [0.25, 0.3) is 0 Å². The van der Waals surface area contributed by atoms with Crippen LogP contribution in [-0.4, -0.2) is 37.5 Å². The van der Waals surface area contributed by atoms with E-state index in [4.69, 9.17) is 0 Å². The number of rotatable bonds is 7. The summed E-state index contributed by atoms with van der Waals surface area (Å²) in [7, 11) is -3.29. The summed E-state index contributed by atoms with van der Waals surface area (Å²) in [6.07, 6.45) is 1.95. The number of carbonyl (C=O) groups is 1. The fraction of sp³-hybridized carbons (Fsp3) is 0.381. The highest BCUT2D eigenvalue weighted by atomic mass is 32.2. The molecule has 7 heteroatoms. The summed E-state index contributed by atoms with van der Waals surface area (Å²) in [4.78, 5) is 13.0. The minimum Gasteiger partial charge on any atom is -0.273 e. The van der Waals surface area contributed by atoms with E-state index in [0.717, 1.165) is 11.4 Å². The van der Waals surface area contributed by atoms with Gasteiger partial charge in [0.05, 0.1) is 23.0 Å². The first-order valence-electron chi connectivity index (χ1n) is 9.70. The maximum Gasteiger partial charge on any atom is 0.243 e. The molecule has 6 nitrogen and oxygen atoms in total. The lowest BCUT2D eigenvalue weighted by Crippen LogP contribution is -2.49. The predicted molar refractivity (Wildman–Crippen MR) is 112 cm³/mol. The number of piperidine rings is 1. The summed E-state index contributed by atoms with van der Waals surface area (Å²) in [5, 5.41) is 1.75. The summed E-state index contributed by atoms with van der Waals surface area (Å²) in [6, 6.07) is 19.2. The lowest BCUT2D eigenvalue weighted by Gasteiger charge is -2.33. The number of nitrogens with one attached hydrogen (secondary N) is 1. The SMILES string of the molecule is CCCS(=O)(=O)N1CCCC(C(=O)NN(c2ccccc2)c2ccccc2)C1. The van der Waals surface area contributed by atoms with Crippen molar-refractivity contribution in [3.63, 3.8) is 0 Å². The van der Waals surface area contributed by atoms with Crippen molar-refractivity contribution in [3.8, 4) is 0 Å². The quantitative estimate of drug-likeness (QED) is 0.723. The van der Waals surface area contributed by atoms with Crippen molar-refractivity contribution >= 4 is 27.3 Å². The summed E-state index contributed by atoms with van der Waals surface area (Å²) >= 11 is 0. The molecule has 1 unspecified atom stereocenters. The van der Waals surface area contributed by atoms with E-state index in [2.05, 4.69) is 5.43 Å². The van der Waals surface area contributed by atoms with Gasteiger partial charge in [0.2, 0.25) is 15.9 Å². The first kappa shape index (κ1) is 20.4. The number of amides is 1. The highest BCUT2D eigenvalue weighted by Gasteiger charge is 2.32. The molecule has 1 aliphatic rings. The van der Waals surface area contributed by atoms with Gasteiger partial charge in [0.15, 0.2) is 0 Å². The molecule has 0 aromatic heterocycles. The number of benzene rings is 2. The fourth-order valence-electron chi connectivity index (χ4n) is 3.43. The van der Waals surface area contributed by atoms with Crippen LogP contribution < -0.4 is 10.4 Å². The van der Waals surface area contributed by atoms with Gasteiger partial charge in [-0.2, -0.15) is 0 Å². The molecule has 150 valence electrons. The van der Waals surface area contributed by atoms with Crippen LogP contribution in [0.15, 0.2) is 60.7 Å². The summed E-state index contributed by atoms with van der Waals surface area (Å²) < 4.78 is 26.3. The Morgan fingerprint density at radius 2 is 1.64 bits per heavy atom. The molecule has 0 bridgehead atoms. The maximum atomic E-state index is 13.0. The van der Waals surface area contributed by atoms with Gasteiger partial charge in [0, 0.05) is 13.1 Å². The van der Waals surface area contributed by atoms with Gasteiger partial charge in [-0.1, -0.05) is 43.3 Å². The Morgan fingerprint density at radius 1 is 1.07 bits per heavy atom. The normalized spacial score (nSPS) is 17.8. The molecule has 2 aromatic carbocycles. The zero-order valence-electron chi connectivity index (χ0n) is 16.1. The van der Waals surface area contributed by atoms with Crippen molar-refractivity contribution in [2.75, 3.05) is 23.9 Å². The number of hydrogen-bond acceptors (Lipinski definition) is 4. The second-order valence-electron chi connectivity index (χ2n) is 7.00. The van der Waals surface area contributed by atoms with Crippen molar-refractivity contribution in [1.82, 2.24) is 9.73 Å². The Morgan fingerprint density at radius 3 is 2.18 bits per heavy atom. The third-order valence-corrected chi connectivity index (χ3v) is 6.90. The molecule has 3 rings (SSSR count). The van der Waals surface area contributed by atoms with Crippen molar-refractivity contribution in [1.29, 1.82) is 0 Å². The largest absolute Gasteiger partial charge is 0.273 e. The molecule has 0 spiro atoms. The smallest absolute Gasteiger partial charge is 0.243 e. The molecule has 0 radical (unpaired) electrons. The minimum absolute atomic E-state index is 0.126. The van der Waals surface area contributed by atoms with E-state index in [9.17, 15) is 13.2 Å². The van der Waals surface area contributed by atoms with Crippen molar-refractivity contribution in [2.45, 2.75) is 26.2 Å². The fourth-order valence-corrected chi connectivity index (χ4v) is 5.02. The van der Waals surface area contributed by atoms with Crippen LogP contribution in [0, 0.1) is 5.92 Å². The van der Waals surface area contributed by atoms with Crippen LogP contribution in [0.25, 0.3) is 0 Å². The van der Waals surface area contributed by atoms with E-state index in [1.165, 1.54) is 4.31 Å². The lowest BCUT2D eigenvalue weighted by molar-refractivity contribution is -0.126. The van der Waals surface area contributed by atoms with Gasteiger partial charge in [-0.3, -0.25) is 15.2 Å². The number of nitrogens with zero attached hydrogens (tertiary/aromatic N) is 2. The van der Waals surface area contributed by atoms with Gasteiger partial charge >= 0.3 is 0 Å². The molecule has 0 aliphatic carbocycles. The van der Waals surface area contributed by atoms with E-state index in [1.54, 1.807) is 5.01 Å². The number of hydrazine groups is 1. The molecular weight excluding hydrogens is 374 g/mol. The highest BCUT2D eigenvalue weighted by molar-refractivity contribution is 7.89. The van der Waals surface area contributed by atoms with Crippen molar-refractivity contribution < 1.29 is 13.2 Å². The van der Waals surface area contributed by atoms with E-state index in [0.29, 0.717) is 25.8 Å². The standard InChI is InChI=1S/C21H27N3O3S/c1-2-16-28(26,27)23-15-9-10-18(17-23)21(25)22-24(19-11-5-3-6-12-19)20-13-7-4-8-14-20/h3-8,11-14,18H,2,9-10,15-17H2,1H3,(H,22,25). The molecule has 1 atom stereocenters. The van der Waals surface area contributed by atoms with Gasteiger partial charge in [0.1, 0.15) is 0 Å². The molecule has 0 saturated carbocycles. The average Bonchev–Trinajstić information content (AvgIpc) is 2.73. The molecule has 1 N–H and O–H groups in total. The number of anilines is 2. The second-order valence-corrected chi connectivity index (χ2v) is 9.08. The van der Waals surface area contributed by atoms with E-state index < -0.39 is 10.0 Å². The number of para-hydroxylation sites is 2. The van der Waals surface area contributed by atoms with E-state index in [1.807, 2.05) is 67.6 Å². The average molecular weight is 402 g/mol. The Labute approximate surface area is 167 Å². The van der Waals surface area contributed by atoms with Crippen LogP contribution >= 0.6 is 0 Å². The van der Waals surface area contributed by atoms with Crippen molar-refractivity contribution in [3.05, 3.63) is 60.7 Å². The van der Waals surface area contributed by atoms with E-state index >= 15 is 0 Å². The minimum atomic E-state index is -3.29. The summed E-state index contributed by atoms with van der Waals surface area (Å²) in [5.74, 6) is -0.402. The van der Waals surface area contributed by atoms with Gasteiger partial charge in [-0.25, -0.2) is 12.7 Å². The van der Waals surface area contributed by atoms with Crippen LogP contribution in [0.4, 0.5) is 11.4 Å². The highest BCUT2D eigenvalue weighted by Crippen LogP contribution is 2.25. The molecule has 1 fully saturated rings. The first-order valence-corrected chi connectivity index (χ1v) is 11.3. The lowest BCUT2D eigenvalue weighted by atomic mass is 9.99. The Bertz CT molecular complexity index is 833. The Kier molecular flexibility index (Phi) is 6.70. The molecule has 1 aliphatic heterocycles. The molecule has 1 amide bonds. The van der Waals surface area contributed by atoms with Crippen LogP contribution in [0.3, 0.4) is 0 Å². The van der Waals surface area contributed by atoms with Gasteiger partial charge in [-0.15, -0.1) is 0 Å². The van der Waals surface area contributed by atoms with Crippen LogP contribution in [0.2, 0.25) is 0 Å². The molecule has 28 heavy (non-hydrogen) atoms. The number of sulfonamides is 1. The summed E-state index contributed by atoms with van der Waals surface area (Å²) in [6.45, 7) is 2.59. The first-order chi connectivity index (χ1) is 13.5. The molecule has 1 heterocycles. The number of carbonyl (C=O) groups excluding carboxylic acids is 1. The van der Waals surface area contributed by atoms with E-state index in [-0.39, 0.29) is 24.1 Å². The maximum absolute atomic E-state index is 13.0. The number of hydrogen-bond donors (Lipinski definition) is 1. The zero-order chi connectivity index (χ0) is 20.0. The van der Waals surface area contributed by atoms with Crippen molar-refractivity contribution in [2.24, 2.45) is 5.92 Å². The van der Waals surface area contributed by atoms with Crippen LogP contribution in [0.1, 0.15) is 26.2 Å². The third-order valence-electron chi connectivity index (χ3n) is 4.86. The zero-order valence-corrected chi connectivity index (χ0v) is 16.9. The predicted octanol–water partition coefficient (Wildman–Crippen LogP) is 3.31. The van der Waals surface area contributed by atoms with Gasteiger partial charge < -0.3 is 0 Å². The third kappa shape index (κ3) is 4.91. The Balaban J connectivity index is 1.77. The summed E-state index contributed by atoms with van der Waals surface area (Å²) in [5.41, 5.74) is 4.68. The molecular formula is C21H27N3O3S. The van der Waals surface area contributed by atoms with Crippen LogP contribution in [-0.2, 0) is 14.8 Å². The Hall–Kier alpha value is -2.38. The molecule has 1 saturated heterocycles.